The summed E-state index contributed by atoms with van der Waals surface area (Å²) in [6.45, 7) is 5.90. The monoisotopic (exact) mass is 258 g/mol. The van der Waals surface area contributed by atoms with Crippen LogP contribution in [0.2, 0.25) is 0 Å². The van der Waals surface area contributed by atoms with Crippen molar-refractivity contribution in [3.8, 4) is 0 Å². The molecular weight excluding hydrogens is 240 g/mol. The van der Waals surface area contributed by atoms with Crippen LogP contribution >= 0.6 is 0 Å². The lowest BCUT2D eigenvalue weighted by Gasteiger charge is -2.27. The molecule has 0 saturated carbocycles. The zero-order chi connectivity index (χ0) is 13.4. The van der Waals surface area contributed by atoms with Gasteiger partial charge in [-0.25, -0.2) is 4.79 Å². The number of nitrogens with zero attached hydrogens (tertiary/aromatic N) is 2. The number of hydrogen-bond donors (Lipinski definition) is 0. The van der Waals surface area contributed by atoms with E-state index in [0.717, 1.165) is 18.8 Å². The summed E-state index contributed by atoms with van der Waals surface area (Å²) in [6, 6.07) is 10.5. The minimum atomic E-state index is -0.198. The first-order chi connectivity index (χ1) is 9.16. The Morgan fingerprint density at radius 1 is 1.37 bits per heavy atom. The molecule has 0 bridgehead atoms. The molecule has 0 aromatic heterocycles. The van der Waals surface area contributed by atoms with Crippen molar-refractivity contribution >= 4 is 11.7 Å². The van der Waals surface area contributed by atoms with Crippen LogP contribution in [0.4, 0.5) is 0 Å². The molecule has 1 aromatic rings. The molecule has 4 heteroatoms. The van der Waals surface area contributed by atoms with Crippen LogP contribution in [0.25, 0.3) is 0 Å². The third kappa shape index (κ3) is 2.16. The zero-order valence-corrected chi connectivity index (χ0v) is 11.2. The Bertz CT molecular complexity index is 510. The fraction of sp³-hybridized carbons (Fsp3) is 0.467. The van der Waals surface area contributed by atoms with E-state index in [1.807, 2.05) is 18.2 Å². The lowest BCUT2D eigenvalue weighted by atomic mass is 9.95. The van der Waals surface area contributed by atoms with Gasteiger partial charge in [-0.05, 0) is 11.5 Å². The third-order valence-corrected chi connectivity index (χ3v) is 3.86. The second-order valence-corrected chi connectivity index (χ2v) is 5.58. The standard InChI is InChI=1S/C15H18N2O2/c1-10(2)14-13-12(15(18)19-16-13)9-17(14)8-11-6-4-3-5-7-11/h3-7,10,12,14H,8-9H2,1-2H3. The Morgan fingerprint density at radius 2 is 2.11 bits per heavy atom. The predicted octanol–water partition coefficient (Wildman–Crippen LogP) is 2.06. The average Bonchev–Trinajstić information content (AvgIpc) is 2.91. The predicted molar refractivity (Wildman–Crippen MR) is 72.5 cm³/mol. The van der Waals surface area contributed by atoms with Gasteiger partial charge in [0.25, 0.3) is 0 Å². The number of likely N-dealkylation sites (tertiary alicyclic amines) is 1. The average molecular weight is 258 g/mol. The van der Waals surface area contributed by atoms with E-state index in [0.29, 0.717) is 5.92 Å². The summed E-state index contributed by atoms with van der Waals surface area (Å²) in [6.07, 6.45) is 0. The summed E-state index contributed by atoms with van der Waals surface area (Å²) >= 11 is 0. The Kier molecular flexibility index (Phi) is 3.11. The third-order valence-electron chi connectivity index (χ3n) is 3.86. The van der Waals surface area contributed by atoms with Gasteiger partial charge in [0.15, 0.2) is 0 Å². The quantitative estimate of drug-likeness (QED) is 0.779. The van der Waals surface area contributed by atoms with Crippen molar-refractivity contribution in [1.82, 2.24) is 4.90 Å². The van der Waals surface area contributed by atoms with E-state index < -0.39 is 0 Å². The molecule has 0 aliphatic carbocycles. The van der Waals surface area contributed by atoms with E-state index in [4.69, 9.17) is 4.84 Å². The summed E-state index contributed by atoms with van der Waals surface area (Å²) in [5.41, 5.74) is 2.18. The lowest BCUT2D eigenvalue weighted by molar-refractivity contribution is -0.143. The number of oxime groups is 1. The lowest BCUT2D eigenvalue weighted by Crippen LogP contribution is -2.36. The van der Waals surface area contributed by atoms with Crippen molar-refractivity contribution in [2.45, 2.75) is 26.4 Å². The minimum absolute atomic E-state index is 0.156. The number of carbonyl (C=O) groups is 1. The molecule has 3 rings (SSSR count). The van der Waals surface area contributed by atoms with Crippen LogP contribution in [-0.4, -0.2) is 29.2 Å². The van der Waals surface area contributed by atoms with Crippen LogP contribution in [-0.2, 0) is 16.2 Å². The van der Waals surface area contributed by atoms with Crippen LogP contribution < -0.4 is 0 Å². The number of rotatable bonds is 3. The van der Waals surface area contributed by atoms with Gasteiger partial charge in [0.1, 0.15) is 5.92 Å². The van der Waals surface area contributed by atoms with Crippen LogP contribution in [0, 0.1) is 11.8 Å². The van der Waals surface area contributed by atoms with Gasteiger partial charge in [-0.2, -0.15) is 0 Å². The van der Waals surface area contributed by atoms with Crippen molar-refractivity contribution in [3.63, 3.8) is 0 Å². The van der Waals surface area contributed by atoms with E-state index >= 15 is 0 Å². The highest BCUT2D eigenvalue weighted by Crippen LogP contribution is 2.31. The van der Waals surface area contributed by atoms with Gasteiger partial charge in [-0.1, -0.05) is 49.3 Å². The van der Waals surface area contributed by atoms with Gasteiger partial charge in [-0.15, -0.1) is 0 Å². The van der Waals surface area contributed by atoms with Gasteiger partial charge < -0.3 is 4.84 Å². The highest BCUT2D eigenvalue weighted by molar-refractivity contribution is 6.09. The van der Waals surface area contributed by atoms with Crippen molar-refractivity contribution in [3.05, 3.63) is 35.9 Å². The second kappa shape index (κ2) is 4.78. The fourth-order valence-corrected chi connectivity index (χ4v) is 3.05. The van der Waals surface area contributed by atoms with Gasteiger partial charge in [0, 0.05) is 13.1 Å². The van der Waals surface area contributed by atoms with Crippen LogP contribution in [0.1, 0.15) is 19.4 Å². The second-order valence-electron chi connectivity index (χ2n) is 5.58. The molecule has 2 aliphatic rings. The van der Waals surface area contributed by atoms with Crippen LogP contribution in [0.3, 0.4) is 0 Å². The molecule has 0 spiro atoms. The number of benzene rings is 1. The minimum Gasteiger partial charge on any atom is -0.317 e. The molecule has 4 nitrogen and oxygen atoms in total. The highest BCUT2D eigenvalue weighted by Gasteiger charge is 2.48. The molecule has 0 amide bonds. The van der Waals surface area contributed by atoms with Crippen molar-refractivity contribution in [1.29, 1.82) is 0 Å². The number of fused-ring (bicyclic) bond motifs is 1. The largest absolute Gasteiger partial charge is 0.345 e. The van der Waals surface area contributed by atoms with E-state index in [9.17, 15) is 4.79 Å². The Hall–Kier alpha value is -1.68. The molecule has 0 radical (unpaired) electrons. The normalized spacial score (nSPS) is 26.5. The number of carbonyl (C=O) groups excluding carboxylic acids is 1. The van der Waals surface area contributed by atoms with E-state index in [-0.39, 0.29) is 17.9 Å². The maximum atomic E-state index is 11.7. The maximum Gasteiger partial charge on any atom is 0.345 e. The highest BCUT2D eigenvalue weighted by atomic mass is 16.7. The van der Waals surface area contributed by atoms with Crippen LogP contribution in [0.5, 0.6) is 0 Å². The van der Waals surface area contributed by atoms with Gasteiger partial charge >= 0.3 is 5.97 Å². The molecule has 19 heavy (non-hydrogen) atoms. The number of hydrogen-bond acceptors (Lipinski definition) is 4. The van der Waals surface area contributed by atoms with Crippen molar-refractivity contribution < 1.29 is 9.63 Å². The molecule has 0 N–H and O–H groups in total. The van der Waals surface area contributed by atoms with E-state index in [1.54, 1.807) is 0 Å². The van der Waals surface area contributed by atoms with Gasteiger partial charge in [0.05, 0.1) is 11.8 Å². The first-order valence-electron chi connectivity index (χ1n) is 6.73. The molecule has 2 aliphatic heterocycles. The fourth-order valence-electron chi connectivity index (χ4n) is 3.05. The first kappa shape index (κ1) is 12.4. The molecule has 2 heterocycles. The van der Waals surface area contributed by atoms with Gasteiger partial charge in [-0.3, -0.25) is 4.90 Å². The van der Waals surface area contributed by atoms with E-state index in [1.165, 1.54) is 5.56 Å². The SMILES string of the molecule is CC(C)C1C2=NOC(=O)C2CN1Cc1ccccc1. The topological polar surface area (TPSA) is 41.9 Å². The Labute approximate surface area is 113 Å². The molecule has 2 unspecified atom stereocenters. The smallest absolute Gasteiger partial charge is 0.317 e. The summed E-state index contributed by atoms with van der Waals surface area (Å²) in [5, 5.41) is 4.00. The first-order valence-corrected chi connectivity index (χ1v) is 6.73. The zero-order valence-electron chi connectivity index (χ0n) is 11.2. The van der Waals surface area contributed by atoms with Crippen molar-refractivity contribution in [2.75, 3.05) is 6.54 Å². The van der Waals surface area contributed by atoms with E-state index in [2.05, 4.69) is 36.0 Å². The molecule has 1 saturated heterocycles. The molecule has 1 fully saturated rings. The molecular formula is C15H18N2O2. The summed E-state index contributed by atoms with van der Waals surface area (Å²) in [5.74, 6) is 0.0642. The summed E-state index contributed by atoms with van der Waals surface area (Å²) < 4.78 is 0. The molecule has 2 atom stereocenters. The Balaban J connectivity index is 1.83. The van der Waals surface area contributed by atoms with Crippen LogP contribution in [0.15, 0.2) is 35.5 Å². The molecule has 100 valence electrons. The van der Waals surface area contributed by atoms with Crippen molar-refractivity contribution in [2.24, 2.45) is 17.0 Å². The summed E-state index contributed by atoms with van der Waals surface area (Å²) in [7, 11) is 0. The Morgan fingerprint density at radius 3 is 2.79 bits per heavy atom. The summed E-state index contributed by atoms with van der Waals surface area (Å²) in [4.78, 5) is 18.8. The molecule has 1 aromatic carbocycles. The maximum absolute atomic E-state index is 11.7. The van der Waals surface area contributed by atoms with Gasteiger partial charge in [0.2, 0.25) is 0 Å².